The van der Waals surface area contributed by atoms with E-state index in [1.165, 1.54) is 0 Å². The lowest BCUT2D eigenvalue weighted by atomic mass is 10.1. The van der Waals surface area contributed by atoms with E-state index in [9.17, 15) is 4.79 Å². The number of rotatable bonds is 8. The van der Waals surface area contributed by atoms with Gasteiger partial charge in [-0.05, 0) is 42.3 Å². The van der Waals surface area contributed by atoms with Gasteiger partial charge in [-0.1, -0.05) is 78.4 Å². The molecule has 0 amide bonds. The van der Waals surface area contributed by atoms with Crippen LogP contribution in [0.4, 0.5) is 0 Å². The Balaban J connectivity index is 1.52. The van der Waals surface area contributed by atoms with Crippen LogP contribution in [0, 0.1) is 6.92 Å². The summed E-state index contributed by atoms with van der Waals surface area (Å²) < 4.78 is 17.6. The first kappa shape index (κ1) is 21.2. The molecule has 0 aliphatic carbocycles. The Labute approximate surface area is 188 Å². The highest BCUT2D eigenvalue weighted by Gasteiger charge is 2.13. The maximum Gasteiger partial charge on any atom is 0.343 e. The zero-order valence-corrected chi connectivity index (χ0v) is 17.9. The van der Waals surface area contributed by atoms with Crippen molar-refractivity contribution in [3.63, 3.8) is 0 Å². The second kappa shape index (κ2) is 10.3. The van der Waals surface area contributed by atoms with Crippen LogP contribution in [-0.4, -0.2) is 5.97 Å². The van der Waals surface area contributed by atoms with E-state index < -0.39 is 5.97 Å². The third-order valence-corrected chi connectivity index (χ3v) is 4.89. The standard InChI is InChI=1S/C28H24O4/c1-21-12-14-24(15-13-21)28(29)32-25-16-17-26(30-19-22-8-4-2-5-9-22)27(18-25)31-20-23-10-6-3-7-11-23/h2-18H,19-20H2,1H3. The van der Waals surface area contributed by atoms with E-state index in [-0.39, 0.29) is 0 Å². The minimum atomic E-state index is -0.419. The maximum atomic E-state index is 12.5. The molecular formula is C28H24O4. The van der Waals surface area contributed by atoms with Gasteiger partial charge in [0.25, 0.3) is 0 Å². The fourth-order valence-corrected chi connectivity index (χ4v) is 3.11. The number of benzene rings is 4. The van der Waals surface area contributed by atoms with E-state index in [4.69, 9.17) is 14.2 Å². The predicted octanol–water partition coefficient (Wildman–Crippen LogP) is 6.37. The van der Waals surface area contributed by atoms with Crippen molar-refractivity contribution in [3.8, 4) is 17.2 Å². The molecule has 0 aliphatic heterocycles. The molecule has 4 rings (SSSR count). The largest absolute Gasteiger partial charge is 0.485 e. The molecule has 4 aromatic rings. The quantitative estimate of drug-likeness (QED) is 0.243. The van der Waals surface area contributed by atoms with Gasteiger partial charge in [0.05, 0.1) is 5.56 Å². The van der Waals surface area contributed by atoms with Gasteiger partial charge < -0.3 is 14.2 Å². The number of esters is 1. The first-order valence-electron chi connectivity index (χ1n) is 10.4. The molecule has 0 radical (unpaired) electrons. The van der Waals surface area contributed by atoms with E-state index in [1.54, 1.807) is 30.3 Å². The Morgan fingerprint density at radius 2 is 1.22 bits per heavy atom. The molecule has 0 N–H and O–H groups in total. The summed E-state index contributed by atoms with van der Waals surface area (Å²) in [6.07, 6.45) is 0. The lowest BCUT2D eigenvalue weighted by Gasteiger charge is -2.15. The van der Waals surface area contributed by atoms with Gasteiger partial charge in [-0.15, -0.1) is 0 Å². The van der Waals surface area contributed by atoms with E-state index in [0.717, 1.165) is 16.7 Å². The number of hydrogen-bond acceptors (Lipinski definition) is 4. The molecule has 0 unspecified atom stereocenters. The lowest BCUT2D eigenvalue weighted by molar-refractivity contribution is 0.0734. The molecule has 160 valence electrons. The highest BCUT2D eigenvalue weighted by Crippen LogP contribution is 2.33. The Bertz CT molecular complexity index is 1150. The van der Waals surface area contributed by atoms with Gasteiger partial charge in [-0.2, -0.15) is 0 Å². The lowest BCUT2D eigenvalue weighted by Crippen LogP contribution is -2.09. The van der Waals surface area contributed by atoms with E-state index in [0.29, 0.717) is 36.0 Å². The molecule has 0 fully saturated rings. The summed E-state index contributed by atoms with van der Waals surface area (Å²) in [6, 6.07) is 32.2. The first-order chi connectivity index (χ1) is 15.7. The topological polar surface area (TPSA) is 44.8 Å². The normalized spacial score (nSPS) is 10.4. The highest BCUT2D eigenvalue weighted by atomic mass is 16.5. The van der Waals surface area contributed by atoms with Crippen molar-refractivity contribution in [3.05, 3.63) is 125 Å². The minimum Gasteiger partial charge on any atom is -0.485 e. The van der Waals surface area contributed by atoms with Crippen molar-refractivity contribution in [2.45, 2.75) is 20.1 Å². The molecule has 0 bridgehead atoms. The third-order valence-electron chi connectivity index (χ3n) is 4.89. The summed E-state index contributed by atoms with van der Waals surface area (Å²) in [5.74, 6) is 1.07. The number of hydrogen-bond donors (Lipinski definition) is 0. The molecule has 0 aromatic heterocycles. The van der Waals surface area contributed by atoms with Crippen molar-refractivity contribution >= 4 is 5.97 Å². The van der Waals surface area contributed by atoms with Crippen LogP contribution in [0.15, 0.2) is 103 Å². The molecule has 0 saturated heterocycles. The van der Waals surface area contributed by atoms with Crippen molar-refractivity contribution in [1.29, 1.82) is 0 Å². The van der Waals surface area contributed by atoms with E-state index in [1.807, 2.05) is 79.7 Å². The fourth-order valence-electron chi connectivity index (χ4n) is 3.11. The average molecular weight is 424 g/mol. The summed E-state index contributed by atoms with van der Waals surface area (Å²) in [4.78, 5) is 12.5. The summed E-state index contributed by atoms with van der Waals surface area (Å²) in [5, 5.41) is 0. The van der Waals surface area contributed by atoms with Crippen LogP contribution in [0.5, 0.6) is 17.2 Å². The predicted molar refractivity (Wildman–Crippen MR) is 124 cm³/mol. The molecule has 32 heavy (non-hydrogen) atoms. The zero-order valence-electron chi connectivity index (χ0n) is 17.9. The van der Waals surface area contributed by atoms with Gasteiger partial charge in [-0.3, -0.25) is 0 Å². The van der Waals surface area contributed by atoms with Gasteiger partial charge in [0, 0.05) is 6.07 Å². The molecule has 4 aromatic carbocycles. The molecule has 4 nitrogen and oxygen atoms in total. The third kappa shape index (κ3) is 5.76. The van der Waals surface area contributed by atoms with Gasteiger partial charge in [0.2, 0.25) is 0 Å². The van der Waals surface area contributed by atoms with Crippen LogP contribution >= 0.6 is 0 Å². The Morgan fingerprint density at radius 1 is 0.656 bits per heavy atom. The monoisotopic (exact) mass is 424 g/mol. The van der Waals surface area contributed by atoms with Crippen molar-refractivity contribution in [2.24, 2.45) is 0 Å². The molecule has 0 saturated carbocycles. The number of ether oxygens (including phenoxy) is 3. The highest BCUT2D eigenvalue weighted by molar-refractivity contribution is 5.91. The van der Waals surface area contributed by atoms with Crippen LogP contribution in [0.3, 0.4) is 0 Å². The average Bonchev–Trinajstić information content (AvgIpc) is 2.84. The van der Waals surface area contributed by atoms with Crippen molar-refractivity contribution in [2.75, 3.05) is 0 Å². The van der Waals surface area contributed by atoms with E-state index >= 15 is 0 Å². The van der Waals surface area contributed by atoms with Gasteiger partial charge >= 0.3 is 5.97 Å². The van der Waals surface area contributed by atoms with Crippen molar-refractivity contribution < 1.29 is 19.0 Å². The SMILES string of the molecule is Cc1ccc(C(=O)Oc2ccc(OCc3ccccc3)c(OCc3ccccc3)c2)cc1. The van der Waals surface area contributed by atoms with Crippen LogP contribution in [0.2, 0.25) is 0 Å². The number of carbonyl (C=O) groups excluding carboxylic acids is 1. The zero-order chi connectivity index (χ0) is 22.2. The second-order valence-corrected chi connectivity index (χ2v) is 7.41. The van der Waals surface area contributed by atoms with Crippen LogP contribution in [-0.2, 0) is 13.2 Å². The van der Waals surface area contributed by atoms with Gasteiger partial charge in [-0.25, -0.2) is 4.79 Å². The molecule has 0 atom stereocenters. The summed E-state index contributed by atoms with van der Waals surface area (Å²) in [6.45, 7) is 2.75. The van der Waals surface area contributed by atoms with E-state index in [2.05, 4.69) is 0 Å². The molecule has 0 heterocycles. The summed E-state index contributed by atoms with van der Waals surface area (Å²) >= 11 is 0. The van der Waals surface area contributed by atoms with Crippen molar-refractivity contribution in [1.82, 2.24) is 0 Å². The summed E-state index contributed by atoms with van der Waals surface area (Å²) in [7, 11) is 0. The van der Waals surface area contributed by atoms with Crippen LogP contribution < -0.4 is 14.2 Å². The fraction of sp³-hybridized carbons (Fsp3) is 0.107. The van der Waals surface area contributed by atoms with Gasteiger partial charge in [0.1, 0.15) is 19.0 Å². The first-order valence-corrected chi connectivity index (χ1v) is 10.4. The molecular weight excluding hydrogens is 400 g/mol. The Hall–Kier alpha value is -4.05. The van der Waals surface area contributed by atoms with Crippen LogP contribution in [0.25, 0.3) is 0 Å². The summed E-state index contributed by atoms with van der Waals surface area (Å²) in [5.41, 5.74) is 3.66. The van der Waals surface area contributed by atoms with Gasteiger partial charge in [0.15, 0.2) is 11.5 Å². The Kier molecular flexibility index (Phi) is 6.83. The van der Waals surface area contributed by atoms with Crippen LogP contribution in [0.1, 0.15) is 27.0 Å². The molecule has 0 aliphatic rings. The number of aryl methyl sites for hydroxylation is 1. The molecule has 0 spiro atoms. The smallest absolute Gasteiger partial charge is 0.343 e. The maximum absolute atomic E-state index is 12.5. The molecule has 4 heteroatoms. The minimum absolute atomic E-state index is 0.373. The number of carbonyl (C=O) groups is 1. The Morgan fingerprint density at radius 3 is 1.81 bits per heavy atom. The second-order valence-electron chi connectivity index (χ2n) is 7.41.